The molecule has 4 nitrogen and oxygen atoms in total. The van der Waals surface area contributed by atoms with Gasteiger partial charge in [0.25, 0.3) is 0 Å². The van der Waals surface area contributed by atoms with Crippen LogP contribution in [-0.2, 0) is 0 Å². The zero-order chi connectivity index (χ0) is 13.7. The van der Waals surface area contributed by atoms with Gasteiger partial charge in [-0.25, -0.2) is 4.79 Å². The molecule has 0 radical (unpaired) electrons. The fourth-order valence-electron chi connectivity index (χ4n) is 2.10. The molecular formula is C14H16ClN3O. The molecule has 1 saturated heterocycles. The maximum atomic E-state index is 11.7. The molecule has 1 aromatic carbocycles. The Hall–Kier alpha value is -1.86. The number of anilines is 1. The van der Waals surface area contributed by atoms with Crippen LogP contribution in [0, 0.1) is 12.3 Å². The lowest BCUT2D eigenvalue weighted by Crippen LogP contribution is -2.52. The number of halogens is 1. The van der Waals surface area contributed by atoms with Crippen molar-refractivity contribution in [3.63, 3.8) is 0 Å². The Balaban J connectivity index is 1.91. The molecule has 1 fully saturated rings. The zero-order valence-corrected chi connectivity index (χ0v) is 11.4. The average Bonchev–Trinajstić information content (AvgIpc) is 2.45. The van der Waals surface area contributed by atoms with Crippen molar-refractivity contribution < 1.29 is 4.79 Å². The maximum Gasteiger partial charge on any atom is 0.318 e. The number of piperazine rings is 1. The topological polar surface area (TPSA) is 35.6 Å². The van der Waals surface area contributed by atoms with Crippen LogP contribution in [0.5, 0.6) is 0 Å². The molecule has 0 spiro atoms. The first-order valence-electron chi connectivity index (χ1n) is 6.18. The molecule has 0 aliphatic carbocycles. The predicted molar refractivity (Wildman–Crippen MR) is 77.5 cm³/mol. The summed E-state index contributed by atoms with van der Waals surface area (Å²) < 4.78 is 0. The Morgan fingerprint density at radius 3 is 2.63 bits per heavy atom. The Labute approximate surface area is 118 Å². The molecule has 1 aliphatic rings. The molecule has 5 heteroatoms. The van der Waals surface area contributed by atoms with Gasteiger partial charge in [-0.2, -0.15) is 0 Å². The van der Waals surface area contributed by atoms with Crippen LogP contribution >= 0.6 is 11.6 Å². The van der Waals surface area contributed by atoms with E-state index in [1.165, 1.54) is 0 Å². The third-order valence-electron chi connectivity index (χ3n) is 3.10. The molecule has 1 N–H and O–H groups in total. The fraction of sp³-hybridized carbons (Fsp3) is 0.357. The summed E-state index contributed by atoms with van der Waals surface area (Å²) in [5.41, 5.74) is 1.02. The van der Waals surface area contributed by atoms with Crippen LogP contribution in [-0.4, -0.2) is 43.7 Å². The number of hydrogen-bond donors (Lipinski definition) is 1. The number of terminal acetylenes is 1. The Morgan fingerprint density at radius 2 is 2.00 bits per heavy atom. The minimum atomic E-state index is -0.100. The van der Waals surface area contributed by atoms with Crippen molar-refractivity contribution in [1.82, 2.24) is 10.2 Å². The van der Waals surface area contributed by atoms with Gasteiger partial charge in [0.05, 0.1) is 17.3 Å². The van der Waals surface area contributed by atoms with E-state index in [2.05, 4.69) is 16.1 Å². The number of urea groups is 1. The SMILES string of the molecule is C#CCNC(=O)N1CCN(c2ccccc2Cl)CC1. The molecular weight excluding hydrogens is 262 g/mol. The lowest BCUT2D eigenvalue weighted by Gasteiger charge is -2.36. The number of hydrogen-bond acceptors (Lipinski definition) is 2. The minimum absolute atomic E-state index is 0.100. The normalized spacial score (nSPS) is 14.9. The molecule has 0 bridgehead atoms. The highest BCUT2D eigenvalue weighted by Crippen LogP contribution is 2.25. The Morgan fingerprint density at radius 1 is 1.32 bits per heavy atom. The molecule has 1 heterocycles. The van der Waals surface area contributed by atoms with Gasteiger partial charge in [0, 0.05) is 26.2 Å². The van der Waals surface area contributed by atoms with Gasteiger partial charge < -0.3 is 15.1 Å². The van der Waals surface area contributed by atoms with Crippen molar-refractivity contribution in [3.8, 4) is 12.3 Å². The summed E-state index contributed by atoms with van der Waals surface area (Å²) in [7, 11) is 0. The van der Waals surface area contributed by atoms with Crippen molar-refractivity contribution in [2.45, 2.75) is 0 Å². The molecule has 0 saturated carbocycles. The summed E-state index contributed by atoms with van der Waals surface area (Å²) >= 11 is 6.17. The van der Waals surface area contributed by atoms with Crippen molar-refractivity contribution in [1.29, 1.82) is 0 Å². The van der Waals surface area contributed by atoms with E-state index in [4.69, 9.17) is 18.0 Å². The van der Waals surface area contributed by atoms with E-state index >= 15 is 0 Å². The number of amides is 2. The van der Waals surface area contributed by atoms with E-state index in [-0.39, 0.29) is 12.6 Å². The van der Waals surface area contributed by atoms with E-state index < -0.39 is 0 Å². The maximum absolute atomic E-state index is 11.7. The van der Waals surface area contributed by atoms with Gasteiger partial charge in [0.1, 0.15) is 0 Å². The first-order valence-corrected chi connectivity index (χ1v) is 6.56. The lowest BCUT2D eigenvalue weighted by molar-refractivity contribution is 0.195. The van der Waals surface area contributed by atoms with Gasteiger partial charge in [0.15, 0.2) is 0 Å². The summed E-state index contributed by atoms with van der Waals surface area (Å²) in [4.78, 5) is 15.7. The number of carbonyl (C=O) groups is 1. The molecule has 0 unspecified atom stereocenters. The molecule has 1 aliphatic heterocycles. The summed E-state index contributed by atoms with van der Waals surface area (Å²) in [5, 5.41) is 3.42. The predicted octanol–water partition coefficient (Wildman–Crippen LogP) is 1.80. The quantitative estimate of drug-likeness (QED) is 0.837. The Bertz CT molecular complexity index is 490. The van der Waals surface area contributed by atoms with Gasteiger partial charge in [-0.05, 0) is 12.1 Å². The summed E-state index contributed by atoms with van der Waals surface area (Å²) in [6.45, 7) is 3.15. The molecule has 1 aromatic rings. The highest BCUT2D eigenvalue weighted by Gasteiger charge is 2.21. The van der Waals surface area contributed by atoms with Crippen molar-refractivity contribution >= 4 is 23.3 Å². The van der Waals surface area contributed by atoms with Crippen LogP contribution in [0.25, 0.3) is 0 Å². The highest BCUT2D eigenvalue weighted by atomic mass is 35.5. The highest BCUT2D eigenvalue weighted by molar-refractivity contribution is 6.33. The van der Waals surface area contributed by atoms with Crippen LogP contribution in [0.4, 0.5) is 10.5 Å². The Kier molecular flexibility index (Phi) is 4.53. The molecule has 100 valence electrons. The van der Waals surface area contributed by atoms with Crippen LogP contribution in [0.2, 0.25) is 5.02 Å². The number of carbonyl (C=O) groups excluding carboxylic acids is 1. The van der Waals surface area contributed by atoms with Gasteiger partial charge in [-0.15, -0.1) is 6.42 Å². The van der Waals surface area contributed by atoms with Crippen LogP contribution in [0.15, 0.2) is 24.3 Å². The van der Waals surface area contributed by atoms with Crippen LogP contribution in [0.1, 0.15) is 0 Å². The second-order valence-corrected chi connectivity index (χ2v) is 4.70. The number of para-hydroxylation sites is 1. The van der Waals surface area contributed by atoms with Gasteiger partial charge in [0.2, 0.25) is 0 Å². The smallest absolute Gasteiger partial charge is 0.318 e. The van der Waals surface area contributed by atoms with E-state index in [9.17, 15) is 4.79 Å². The fourth-order valence-corrected chi connectivity index (χ4v) is 2.35. The monoisotopic (exact) mass is 277 g/mol. The molecule has 2 amide bonds. The first kappa shape index (κ1) is 13.6. The summed E-state index contributed by atoms with van der Waals surface area (Å²) in [6, 6.07) is 7.65. The number of rotatable bonds is 2. The standard InChI is InChI=1S/C14H16ClN3O/c1-2-7-16-14(19)18-10-8-17(9-11-18)13-6-4-3-5-12(13)15/h1,3-6H,7-11H2,(H,16,19). The van der Waals surface area contributed by atoms with Crippen LogP contribution in [0.3, 0.4) is 0 Å². The van der Waals surface area contributed by atoms with Crippen molar-refractivity contribution in [2.75, 3.05) is 37.6 Å². The van der Waals surface area contributed by atoms with Crippen molar-refractivity contribution in [2.24, 2.45) is 0 Å². The lowest BCUT2D eigenvalue weighted by atomic mass is 10.2. The van der Waals surface area contributed by atoms with E-state index in [0.717, 1.165) is 23.8 Å². The summed E-state index contributed by atoms with van der Waals surface area (Å²) in [5.74, 6) is 2.39. The van der Waals surface area contributed by atoms with E-state index in [0.29, 0.717) is 13.1 Å². The molecule has 19 heavy (non-hydrogen) atoms. The van der Waals surface area contributed by atoms with Gasteiger partial charge in [-0.1, -0.05) is 29.7 Å². The zero-order valence-electron chi connectivity index (χ0n) is 10.6. The molecule has 0 aromatic heterocycles. The third kappa shape index (κ3) is 3.33. The second kappa shape index (κ2) is 6.35. The van der Waals surface area contributed by atoms with E-state index in [1.54, 1.807) is 4.90 Å². The van der Waals surface area contributed by atoms with Gasteiger partial charge >= 0.3 is 6.03 Å². The molecule has 2 rings (SSSR count). The summed E-state index contributed by atoms with van der Waals surface area (Å²) in [6.07, 6.45) is 5.11. The largest absolute Gasteiger partial charge is 0.367 e. The van der Waals surface area contributed by atoms with E-state index in [1.807, 2.05) is 24.3 Å². The second-order valence-electron chi connectivity index (χ2n) is 4.29. The van der Waals surface area contributed by atoms with Crippen LogP contribution < -0.4 is 10.2 Å². The molecule has 0 atom stereocenters. The minimum Gasteiger partial charge on any atom is -0.367 e. The number of nitrogens with one attached hydrogen (secondary N) is 1. The first-order chi connectivity index (χ1) is 9.22. The third-order valence-corrected chi connectivity index (χ3v) is 3.42. The van der Waals surface area contributed by atoms with Gasteiger partial charge in [-0.3, -0.25) is 0 Å². The number of benzene rings is 1. The average molecular weight is 278 g/mol. The van der Waals surface area contributed by atoms with Crippen molar-refractivity contribution in [3.05, 3.63) is 29.3 Å². The number of nitrogens with zero attached hydrogens (tertiary/aromatic N) is 2.